The highest BCUT2D eigenvalue weighted by atomic mass is 15.1. The van der Waals surface area contributed by atoms with Crippen LogP contribution >= 0.6 is 0 Å². The zero-order chi connectivity index (χ0) is 9.97. The Morgan fingerprint density at radius 2 is 2.14 bits per heavy atom. The van der Waals surface area contributed by atoms with Crippen LogP contribution in [0.2, 0.25) is 0 Å². The molecule has 0 amide bonds. The second-order valence-electron chi connectivity index (χ2n) is 4.29. The molecule has 1 fully saturated rings. The molecule has 2 heteroatoms. The van der Waals surface area contributed by atoms with Crippen LogP contribution in [0, 0.1) is 5.92 Å². The van der Waals surface area contributed by atoms with Crippen LogP contribution in [0.25, 0.3) is 0 Å². The fourth-order valence-electron chi connectivity index (χ4n) is 1.79. The minimum absolute atomic E-state index is 0.854. The highest BCUT2D eigenvalue weighted by Crippen LogP contribution is 2.17. The van der Waals surface area contributed by atoms with Gasteiger partial charge in [-0.2, -0.15) is 0 Å². The van der Waals surface area contributed by atoms with Gasteiger partial charge in [0.05, 0.1) is 0 Å². The van der Waals surface area contributed by atoms with E-state index < -0.39 is 0 Å². The van der Waals surface area contributed by atoms with Gasteiger partial charge in [0.15, 0.2) is 0 Å². The van der Waals surface area contributed by atoms with E-state index in [-0.39, 0.29) is 0 Å². The number of hydrogen-bond acceptors (Lipinski definition) is 2. The zero-order valence-electron chi connectivity index (χ0n) is 8.96. The van der Waals surface area contributed by atoms with Crippen molar-refractivity contribution >= 4 is 5.69 Å². The number of rotatable bonds is 3. The smallest absolute Gasteiger partial charge is 0.0363 e. The van der Waals surface area contributed by atoms with Gasteiger partial charge in [-0.25, -0.2) is 0 Å². The first-order chi connectivity index (χ1) is 6.75. The van der Waals surface area contributed by atoms with Gasteiger partial charge in [-0.1, -0.05) is 12.1 Å². The molecule has 0 radical (unpaired) electrons. The molecule has 14 heavy (non-hydrogen) atoms. The number of anilines is 1. The van der Waals surface area contributed by atoms with Gasteiger partial charge >= 0.3 is 0 Å². The molecule has 1 aromatic carbocycles. The summed E-state index contributed by atoms with van der Waals surface area (Å²) in [5, 5.41) is 3.31. The Bertz CT molecular complexity index is 303. The zero-order valence-corrected chi connectivity index (χ0v) is 8.96. The molecule has 2 rings (SSSR count). The summed E-state index contributed by atoms with van der Waals surface area (Å²) in [6, 6.07) is 8.82. The van der Waals surface area contributed by atoms with Crippen molar-refractivity contribution in [1.82, 2.24) is 5.32 Å². The average Bonchev–Trinajstić information content (AvgIpc) is 2.12. The van der Waals surface area contributed by atoms with Gasteiger partial charge in [-0.3, -0.25) is 0 Å². The Morgan fingerprint density at radius 1 is 1.36 bits per heavy atom. The first kappa shape index (κ1) is 9.53. The summed E-state index contributed by atoms with van der Waals surface area (Å²) in [5.74, 6) is 0.854. The Hall–Kier alpha value is -1.02. The van der Waals surface area contributed by atoms with E-state index >= 15 is 0 Å². The Labute approximate surface area is 85.9 Å². The van der Waals surface area contributed by atoms with E-state index in [4.69, 9.17) is 0 Å². The van der Waals surface area contributed by atoms with Crippen LogP contribution in [0.4, 0.5) is 5.69 Å². The SMILES string of the molecule is CN(C)c1cccc(CC2CNC2)c1. The third kappa shape index (κ3) is 2.07. The maximum Gasteiger partial charge on any atom is 0.0363 e. The van der Waals surface area contributed by atoms with Crippen molar-refractivity contribution in [3.8, 4) is 0 Å². The molecule has 1 N–H and O–H groups in total. The molecule has 0 spiro atoms. The lowest BCUT2D eigenvalue weighted by atomic mass is 9.94. The predicted octanol–water partition coefficient (Wildman–Crippen LogP) is 1.51. The third-order valence-corrected chi connectivity index (χ3v) is 2.82. The fraction of sp³-hybridized carbons (Fsp3) is 0.500. The lowest BCUT2D eigenvalue weighted by Crippen LogP contribution is -2.43. The highest BCUT2D eigenvalue weighted by molar-refractivity contribution is 5.47. The molecule has 1 aliphatic rings. The largest absolute Gasteiger partial charge is 0.378 e. The molecule has 1 saturated heterocycles. The Kier molecular flexibility index (Phi) is 2.73. The van der Waals surface area contributed by atoms with E-state index in [1.165, 1.54) is 30.8 Å². The fourth-order valence-corrected chi connectivity index (χ4v) is 1.79. The van der Waals surface area contributed by atoms with Crippen LogP contribution in [0.1, 0.15) is 5.56 Å². The normalized spacial score (nSPS) is 16.4. The van der Waals surface area contributed by atoms with Crippen LogP contribution in [-0.4, -0.2) is 27.2 Å². The molecule has 0 atom stereocenters. The van der Waals surface area contributed by atoms with E-state index in [0.717, 1.165) is 5.92 Å². The summed E-state index contributed by atoms with van der Waals surface area (Å²) in [6.07, 6.45) is 1.22. The minimum Gasteiger partial charge on any atom is -0.378 e. The first-order valence-corrected chi connectivity index (χ1v) is 5.22. The van der Waals surface area contributed by atoms with E-state index in [1.807, 2.05) is 0 Å². The summed E-state index contributed by atoms with van der Waals surface area (Å²) in [7, 11) is 4.17. The van der Waals surface area contributed by atoms with Crippen LogP contribution in [-0.2, 0) is 6.42 Å². The topological polar surface area (TPSA) is 15.3 Å². The summed E-state index contributed by atoms with van der Waals surface area (Å²) in [5.41, 5.74) is 2.76. The second kappa shape index (κ2) is 4.01. The van der Waals surface area contributed by atoms with Gasteiger partial charge in [0.25, 0.3) is 0 Å². The van der Waals surface area contributed by atoms with Gasteiger partial charge in [0.2, 0.25) is 0 Å². The summed E-state index contributed by atoms with van der Waals surface area (Å²) < 4.78 is 0. The molecular formula is C12H18N2. The Balaban J connectivity index is 2.05. The first-order valence-electron chi connectivity index (χ1n) is 5.22. The second-order valence-corrected chi connectivity index (χ2v) is 4.29. The molecule has 1 aromatic rings. The molecule has 1 aliphatic heterocycles. The number of nitrogens with zero attached hydrogens (tertiary/aromatic N) is 1. The summed E-state index contributed by atoms with van der Waals surface area (Å²) >= 11 is 0. The molecule has 0 aromatic heterocycles. The van der Waals surface area contributed by atoms with E-state index in [0.29, 0.717) is 0 Å². The minimum atomic E-state index is 0.854. The molecule has 2 nitrogen and oxygen atoms in total. The standard InChI is InChI=1S/C12H18N2/c1-14(2)12-5-3-4-10(7-12)6-11-8-13-9-11/h3-5,7,11,13H,6,8-9H2,1-2H3. The van der Waals surface area contributed by atoms with Crippen molar-refractivity contribution in [3.63, 3.8) is 0 Å². The molecule has 76 valence electrons. The number of hydrogen-bond donors (Lipinski definition) is 1. The van der Waals surface area contributed by atoms with Crippen LogP contribution in [0.3, 0.4) is 0 Å². The van der Waals surface area contributed by atoms with Crippen molar-refractivity contribution in [2.45, 2.75) is 6.42 Å². The molecule has 0 aliphatic carbocycles. The number of benzene rings is 1. The maximum absolute atomic E-state index is 3.31. The molecule has 0 unspecified atom stereocenters. The average molecular weight is 190 g/mol. The van der Waals surface area contributed by atoms with Gasteiger partial charge in [0, 0.05) is 19.8 Å². The molecule has 1 heterocycles. The van der Waals surface area contributed by atoms with Crippen molar-refractivity contribution in [2.24, 2.45) is 5.92 Å². The van der Waals surface area contributed by atoms with Crippen molar-refractivity contribution < 1.29 is 0 Å². The third-order valence-electron chi connectivity index (χ3n) is 2.82. The van der Waals surface area contributed by atoms with Gasteiger partial charge < -0.3 is 10.2 Å². The summed E-state index contributed by atoms with van der Waals surface area (Å²) in [6.45, 7) is 2.37. The van der Waals surface area contributed by atoms with Crippen molar-refractivity contribution in [2.75, 3.05) is 32.1 Å². The molecule has 0 saturated carbocycles. The van der Waals surface area contributed by atoms with Gasteiger partial charge in [0.1, 0.15) is 0 Å². The predicted molar refractivity (Wildman–Crippen MR) is 60.8 cm³/mol. The van der Waals surface area contributed by atoms with Gasteiger partial charge in [-0.05, 0) is 43.1 Å². The van der Waals surface area contributed by atoms with Crippen LogP contribution in [0.15, 0.2) is 24.3 Å². The lowest BCUT2D eigenvalue weighted by Gasteiger charge is -2.27. The monoisotopic (exact) mass is 190 g/mol. The van der Waals surface area contributed by atoms with E-state index in [9.17, 15) is 0 Å². The van der Waals surface area contributed by atoms with Crippen LogP contribution < -0.4 is 10.2 Å². The van der Waals surface area contributed by atoms with Crippen LogP contribution in [0.5, 0.6) is 0 Å². The highest BCUT2D eigenvalue weighted by Gasteiger charge is 2.16. The van der Waals surface area contributed by atoms with Gasteiger partial charge in [-0.15, -0.1) is 0 Å². The lowest BCUT2D eigenvalue weighted by molar-refractivity contribution is 0.346. The molecule has 0 bridgehead atoms. The maximum atomic E-state index is 3.31. The van der Waals surface area contributed by atoms with Crippen molar-refractivity contribution in [1.29, 1.82) is 0 Å². The number of nitrogens with one attached hydrogen (secondary N) is 1. The van der Waals surface area contributed by atoms with E-state index in [1.54, 1.807) is 0 Å². The summed E-state index contributed by atoms with van der Waals surface area (Å²) in [4.78, 5) is 2.16. The van der Waals surface area contributed by atoms with Crippen molar-refractivity contribution in [3.05, 3.63) is 29.8 Å². The molecular weight excluding hydrogens is 172 g/mol. The Morgan fingerprint density at radius 3 is 2.71 bits per heavy atom. The quantitative estimate of drug-likeness (QED) is 0.777. The van der Waals surface area contributed by atoms with E-state index in [2.05, 4.69) is 48.6 Å².